The molecule has 1 aliphatic rings. The molecule has 1 N–H and O–H groups in total. The van der Waals surface area contributed by atoms with Gasteiger partial charge in [0.25, 0.3) is 0 Å². The van der Waals surface area contributed by atoms with Crippen LogP contribution < -0.4 is 10.2 Å². The second kappa shape index (κ2) is 8.78. The molecule has 6 nitrogen and oxygen atoms in total. The van der Waals surface area contributed by atoms with Gasteiger partial charge < -0.3 is 19.9 Å². The molecule has 2 aromatic carbocycles. The third kappa shape index (κ3) is 4.44. The molecule has 0 radical (unpaired) electrons. The molecule has 28 heavy (non-hydrogen) atoms. The van der Waals surface area contributed by atoms with Crippen LogP contribution in [0.25, 0.3) is 0 Å². The zero-order valence-corrected chi connectivity index (χ0v) is 16.7. The van der Waals surface area contributed by atoms with E-state index in [-0.39, 0.29) is 12.5 Å². The predicted octanol–water partition coefficient (Wildman–Crippen LogP) is 2.85. The molecule has 0 saturated carbocycles. The van der Waals surface area contributed by atoms with Crippen LogP contribution in [-0.2, 0) is 9.53 Å². The lowest BCUT2D eigenvalue weighted by Crippen LogP contribution is -2.50. The van der Waals surface area contributed by atoms with Crippen molar-refractivity contribution in [2.24, 2.45) is 0 Å². The van der Waals surface area contributed by atoms with Crippen molar-refractivity contribution in [1.82, 2.24) is 4.90 Å². The minimum absolute atomic E-state index is 0.0593. The summed E-state index contributed by atoms with van der Waals surface area (Å²) in [5, 5.41) is 3.11. The van der Waals surface area contributed by atoms with E-state index in [9.17, 15) is 9.59 Å². The summed E-state index contributed by atoms with van der Waals surface area (Å²) < 4.78 is 4.73. The van der Waals surface area contributed by atoms with Crippen LogP contribution in [0.1, 0.15) is 21.5 Å². The van der Waals surface area contributed by atoms with Gasteiger partial charge in [0.15, 0.2) is 0 Å². The van der Waals surface area contributed by atoms with Crippen molar-refractivity contribution >= 4 is 23.3 Å². The van der Waals surface area contributed by atoms with Crippen molar-refractivity contribution in [3.05, 3.63) is 59.2 Å². The fourth-order valence-electron chi connectivity index (χ4n) is 3.44. The Bertz CT molecular complexity index is 858. The van der Waals surface area contributed by atoms with E-state index in [2.05, 4.69) is 42.3 Å². The summed E-state index contributed by atoms with van der Waals surface area (Å²) in [7, 11) is 1.35. The normalized spacial score (nSPS) is 14.0. The van der Waals surface area contributed by atoms with Gasteiger partial charge in [0.2, 0.25) is 5.91 Å². The number of carbonyl (C=O) groups excluding carboxylic acids is 2. The Kier molecular flexibility index (Phi) is 6.19. The number of piperazine rings is 1. The molecule has 148 valence electrons. The Morgan fingerprint density at radius 3 is 2.46 bits per heavy atom. The van der Waals surface area contributed by atoms with Crippen molar-refractivity contribution in [2.45, 2.75) is 13.8 Å². The lowest BCUT2D eigenvalue weighted by Gasteiger charge is -2.37. The molecule has 0 aliphatic carbocycles. The molecule has 1 saturated heterocycles. The highest BCUT2D eigenvalue weighted by Gasteiger charge is 2.22. The van der Waals surface area contributed by atoms with Crippen LogP contribution in [0.3, 0.4) is 0 Å². The highest BCUT2D eigenvalue weighted by atomic mass is 16.5. The molecule has 6 heteroatoms. The van der Waals surface area contributed by atoms with E-state index < -0.39 is 5.97 Å². The van der Waals surface area contributed by atoms with Gasteiger partial charge in [0, 0.05) is 37.6 Å². The van der Waals surface area contributed by atoms with Crippen LogP contribution in [0.2, 0.25) is 0 Å². The van der Waals surface area contributed by atoms with Gasteiger partial charge in [0.1, 0.15) is 0 Å². The molecule has 1 aliphatic heterocycles. The number of rotatable bonds is 5. The first-order valence-electron chi connectivity index (χ1n) is 9.51. The minimum Gasteiger partial charge on any atom is -0.465 e. The van der Waals surface area contributed by atoms with E-state index in [4.69, 9.17) is 4.74 Å². The second-order valence-corrected chi connectivity index (χ2v) is 7.01. The highest BCUT2D eigenvalue weighted by Crippen LogP contribution is 2.23. The number of ether oxygens (including phenoxy) is 1. The zero-order chi connectivity index (χ0) is 20.1. The van der Waals surface area contributed by atoms with E-state index >= 15 is 0 Å². The molecule has 3 rings (SSSR count). The van der Waals surface area contributed by atoms with Crippen molar-refractivity contribution in [2.75, 3.05) is 50.1 Å². The Hall–Kier alpha value is -3.02. The minimum atomic E-state index is -0.391. The Morgan fingerprint density at radius 1 is 1.04 bits per heavy atom. The van der Waals surface area contributed by atoms with Gasteiger partial charge >= 0.3 is 5.97 Å². The predicted molar refractivity (Wildman–Crippen MR) is 111 cm³/mol. The third-order valence-electron chi connectivity index (χ3n) is 5.28. The summed E-state index contributed by atoms with van der Waals surface area (Å²) in [6, 6.07) is 13.3. The first-order valence-corrected chi connectivity index (χ1v) is 9.51. The van der Waals surface area contributed by atoms with Crippen LogP contribution in [-0.4, -0.2) is 56.6 Å². The van der Waals surface area contributed by atoms with Crippen LogP contribution >= 0.6 is 0 Å². The van der Waals surface area contributed by atoms with E-state index in [1.165, 1.54) is 23.9 Å². The van der Waals surface area contributed by atoms with Gasteiger partial charge in [-0.25, -0.2) is 4.79 Å². The van der Waals surface area contributed by atoms with E-state index in [0.717, 1.165) is 18.8 Å². The monoisotopic (exact) mass is 381 g/mol. The molecule has 0 unspecified atom stereocenters. The summed E-state index contributed by atoms with van der Waals surface area (Å²) >= 11 is 0. The zero-order valence-electron chi connectivity index (χ0n) is 16.7. The number of aryl methyl sites for hydroxylation is 1. The molecule has 1 fully saturated rings. The Balaban J connectivity index is 1.53. The summed E-state index contributed by atoms with van der Waals surface area (Å²) in [6.07, 6.45) is 0. The molecule has 0 atom stereocenters. The molecule has 1 heterocycles. The number of esters is 1. The van der Waals surface area contributed by atoms with Crippen LogP contribution in [0.4, 0.5) is 11.4 Å². The lowest BCUT2D eigenvalue weighted by molar-refractivity contribution is -0.129. The van der Waals surface area contributed by atoms with E-state index in [1.807, 2.05) is 11.0 Å². The fraction of sp³-hybridized carbons (Fsp3) is 0.364. The molecular formula is C22H27N3O3. The summed E-state index contributed by atoms with van der Waals surface area (Å²) in [5.74, 6) is -0.332. The fourth-order valence-corrected chi connectivity index (χ4v) is 3.44. The van der Waals surface area contributed by atoms with E-state index in [0.29, 0.717) is 18.7 Å². The Morgan fingerprint density at radius 2 is 1.75 bits per heavy atom. The van der Waals surface area contributed by atoms with Gasteiger partial charge in [0.05, 0.1) is 19.2 Å². The number of anilines is 2. The smallest absolute Gasteiger partial charge is 0.337 e. The first-order chi connectivity index (χ1) is 13.5. The van der Waals surface area contributed by atoms with Crippen LogP contribution in [0.5, 0.6) is 0 Å². The molecular weight excluding hydrogens is 354 g/mol. The number of methoxy groups -OCH3 is 1. The number of benzene rings is 2. The summed E-state index contributed by atoms with van der Waals surface area (Å²) in [4.78, 5) is 28.4. The van der Waals surface area contributed by atoms with Crippen molar-refractivity contribution in [1.29, 1.82) is 0 Å². The molecule has 0 spiro atoms. The maximum absolute atomic E-state index is 12.6. The Labute approximate surface area is 166 Å². The summed E-state index contributed by atoms with van der Waals surface area (Å²) in [6.45, 7) is 7.54. The molecule has 2 aromatic rings. The van der Waals surface area contributed by atoms with Gasteiger partial charge in [-0.1, -0.05) is 18.2 Å². The average Bonchev–Trinajstić information content (AvgIpc) is 2.73. The standard InChI is InChI=1S/C22H27N3O3/c1-16-6-4-9-20(17(16)2)24-10-12-25(13-11-24)21(26)15-23-19-8-5-7-18(14-19)22(27)28-3/h4-9,14,23H,10-13,15H2,1-3H3. The van der Waals surface area contributed by atoms with Crippen molar-refractivity contribution < 1.29 is 14.3 Å². The number of hydrogen-bond donors (Lipinski definition) is 1. The number of nitrogens with zero attached hydrogens (tertiary/aromatic N) is 2. The van der Waals surface area contributed by atoms with Crippen molar-refractivity contribution in [3.63, 3.8) is 0 Å². The maximum Gasteiger partial charge on any atom is 0.337 e. The topological polar surface area (TPSA) is 61.9 Å². The number of hydrogen-bond acceptors (Lipinski definition) is 5. The SMILES string of the molecule is COC(=O)c1cccc(NCC(=O)N2CCN(c3cccc(C)c3C)CC2)c1. The van der Waals surface area contributed by atoms with E-state index in [1.54, 1.807) is 18.2 Å². The number of nitrogens with one attached hydrogen (secondary N) is 1. The molecule has 0 bridgehead atoms. The van der Waals surface area contributed by atoms with Gasteiger partial charge in [-0.3, -0.25) is 4.79 Å². The highest BCUT2D eigenvalue weighted by molar-refractivity contribution is 5.90. The maximum atomic E-state index is 12.6. The van der Waals surface area contributed by atoms with Gasteiger partial charge in [-0.05, 0) is 49.2 Å². The molecule has 0 aromatic heterocycles. The lowest BCUT2D eigenvalue weighted by atomic mass is 10.1. The largest absolute Gasteiger partial charge is 0.465 e. The van der Waals surface area contributed by atoms with Crippen molar-refractivity contribution in [3.8, 4) is 0 Å². The van der Waals surface area contributed by atoms with Crippen LogP contribution in [0, 0.1) is 13.8 Å². The molecule has 1 amide bonds. The van der Waals surface area contributed by atoms with Gasteiger partial charge in [-0.2, -0.15) is 0 Å². The number of amides is 1. The number of carbonyl (C=O) groups is 2. The average molecular weight is 381 g/mol. The van der Waals surface area contributed by atoms with Crippen LogP contribution in [0.15, 0.2) is 42.5 Å². The summed E-state index contributed by atoms with van der Waals surface area (Å²) in [5.41, 5.74) is 5.03. The first kappa shape index (κ1) is 19.7. The third-order valence-corrected chi connectivity index (χ3v) is 5.28. The second-order valence-electron chi connectivity index (χ2n) is 7.01. The quantitative estimate of drug-likeness (QED) is 0.807. The van der Waals surface area contributed by atoms with Gasteiger partial charge in [-0.15, -0.1) is 0 Å².